The smallest absolute Gasteiger partial charge is 0.162 e. The Morgan fingerprint density at radius 2 is 1.86 bits per heavy atom. The van der Waals surface area contributed by atoms with E-state index in [-0.39, 0.29) is 5.75 Å². The topological polar surface area (TPSA) is 42.3 Å². The van der Waals surface area contributed by atoms with Crippen molar-refractivity contribution in [2.45, 2.75) is 57.5 Å². The largest absolute Gasteiger partial charge is 0.456 e. The van der Waals surface area contributed by atoms with Gasteiger partial charge in [-0.2, -0.15) is 5.10 Å². The highest BCUT2D eigenvalue weighted by atomic mass is 19.2. The molecular weight excluding hydrogens is 446 g/mol. The van der Waals surface area contributed by atoms with Crippen LogP contribution in [0.4, 0.5) is 14.5 Å². The molecule has 2 fully saturated rings. The summed E-state index contributed by atoms with van der Waals surface area (Å²) in [5.74, 6) is -0.317. The number of hydrogen-bond acceptors (Lipinski definition) is 4. The molecule has 7 heteroatoms. The number of anilines is 1. The number of benzene rings is 2. The molecule has 1 atom stereocenters. The van der Waals surface area contributed by atoms with Crippen LogP contribution in [0.25, 0.3) is 11.1 Å². The van der Waals surface area contributed by atoms with Crippen molar-refractivity contribution in [1.82, 2.24) is 15.1 Å². The molecule has 1 saturated carbocycles. The molecule has 0 spiro atoms. The lowest BCUT2D eigenvalue weighted by atomic mass is 9.92. The number of fused-ring (bicyclic) bond motifs is 1. The normalized spacial score (nSPS) is 20.7. The fourth-order valence-corrected chi connectivity index (χ4v) is 5.16. The molecule has 2 radical (unpaired) electrons. The molecular formula is C28H30F2N4O. The van der Waals surface area contributed by atoms with Crippen molar-refractivity contribution in [3.05, 3.63) is 66.5 Å². The summed E-state index contributed by atoms with van der Waals surface area (Å²) in [7, 11) is 0. The zero-order valence-electron chi connectivity index (χ0n) is 19.9. The van der Waals surface area contributed by atoms with E-state index < -0.39 is 11.6 Å². The lowest BCUT2D eigenvalue weighted by Gasteiger charge is -2.37. The van der Waals surface area contributed by atoms with Gasteiger partial charge in [-0.15, -0.1) is 0 Å². The van der Waals surface area contributed by atoms with E-state index >= 15 is 0 Å². The maximum absolute atomic E-state index is 14.0. The van der Waals surface area contributed by atoms with E-state index in [0.717, 1.165) is 73.3 Å². The zero-order chi connectivity index (χ0) is 23.9. The Morgan fingerprint density at radius 1 is 1.03 bits per heavy atom. The molecule has 0 bridgehead atoms. The molecule has 2 aliphatic heterocycles. The third-order valence-corrected chi connectivity index (χ3v) is 7.35. The molecule has 0 amide bonds. The summed E-state index contributed by atoms with van der Waals surface area (Å²) in [6.45, 7) is 7.87. The van der Waals surface area contributed by atoms with Crippen LogP contribution < -0.4 is 15.0 Å². The first-order valence-corrected chi connectivity index (χ1v) is 12.7. The van der Waals surface area contributed by atoms with Crippen LogP contribution in [0.1, 0.15) is 50.6 Å². The molecule has 35 heavy (non-hydrogen) atoms. The maximum atomic E-state index is 14.0. The minimum absolute atomic E-state index is 0.282. The van der Waals surface area contributed by atoms with Crippen molar-refractivity contribution in [2.75, 3.05) is 18.0 Å². The Labute approximate surface area is 205 Å². The van der Waals surface area contributed by atoms with E-state index in [0.29, 0.717) is 23.8 Å². The molecule has 0 unspecified atom stereocenters. The third kappa shape index (κ3) is 4.54. The summed E-state index contributed by atoms with van der Waals surface area (Å²) >= 11 is 0. The van der Waals surface area contributed by atoms with Gasteiger partial charge in [0.1, 0.15) is 11.5 Å². The average Bonchev–Trinajstić information content (AvgIpc) is 3.56. The van der Waals surface area contributed by atoms with E-state index in [9.17, 15) is 8.78 Å². The molecule has 1 aromatic heterocycles. The van der Waals surface area contributed by atoms with Gasteiger partial charge in [0.25, 0.3) is 0 Å². The average molecular weight is 477 g/mol. The summed E-state index contributed by atoms with van der Waals surface area (Å²) < 4.78 is 36.0. The highest BCUT2D eigenvalue weighted by molar-refractivity contribution is 5.78. The number of rotatable bonds is 6. The van der Waals surface area contributed by atoms with Crippen molar-refractivity contribution in [3.8, 4) is 22.6 Å². The van der Waals surface area contributed by atoms with Gasteiger partial charge in [0, 0.05) is 40.7 Å². The first kappa shape index (κ1) is 22.5. The summed E-state index contributed by atoms with van der Waals surface area (Å²) in [5, 5.41) is 8.08. The third-order valence-electron chi connectivity index (χ3n) is 7.35. The van der Waals surface area contributed by atoms with Gasteiger partial charge in [0.2, 0.25) is 0 Å². The van der Waals surface area contributed by atoms with Crippen LogP contribution in [0.5, 0.6) is 11.5 Å². The Balaban J connectivity index is 1.42. The Morgan fingerprint density at radius 3 is 2.63 bits per heavy atom. The number of hydrogen-bond donors (Lipinski definition) is 1. The van der Waals surface area contributed by atoms with E-state index in [2.05, 4.69) is 51.8 Å². The van der Waals surface area contributed by atoms with Gasteiger partial charge in [0.15, 0.2) is 11.6 Å². The van der Waals surface area contributed by atoms with Crippen LogP contribution in [0.15, 0.2) is 42.7 Å². The number of nitrogens with zero attached hydrogens (tertiary/aromatic N) is 3. The summed E-state index contributed by atoms with van der Waals surface area (Å²) in [5.41, 5.74) is 4.04. The second-order valence-corrected chi connectivity index (χ2v) is 9.97. The van der Waals surface area contributed by atoms with Gasteiger partial charge < -0.3 is 15.0 Å². The van der Waals surface area contributed by atoms with Crippen LogP contribution >= 0.6 is 0 Å². The molecule has 182 valence electrons. The number of piperidine rings is 1. The highest BCUT2D eigenvalue weighted by Gasteiger charge is 2.33. The summed E-state index contributed by atoms with van der Waals surface area (Å²) in [6, 6.07) is 8.64. The molecule has 3 heterocycles. The Hall–Kier alpha value is -2.93. The zero-order valence-corrected chi connectivity index (χ0v) is 19.9. The predicted molar refractivity (Wildman–Crippen MR) is 131 cm³/mol. The molecule has 1 saturated heterocycles. The molecule has 1 aliphatic carbocycles. The van der Waals surface area contributed by atoms with Gasteiger partial charge in [0.05, 0.1) is 18.8 Å². The van der Waals surface area contributed by atoms with Crippen LogP contribution in [-0.2, 0) is 6.42 Å². The number of ether oxygens (including phenoxy) is 1. The lowest BCUT2D eigenvalue weighted by molar-refractivity contribution is 0.343. The van der Waals surface area contributed by atoms with Crippen LogP contribution in [0.2, 0.25) is 0 Å². The maximum Gasteiger partial charge on any atom is 0.162 e. The van der Waals surface area contributed by atoms with Gasteiger partial charge >= 0.3 is 0 Å². The second kappa shape index (κ2) is 9.26. The quantitative estimate of drug-likeness (QED) is 0.464. The van der Waals surface area contributed by atoms with Gasteiger partial charge in [-0.25, -0.2) is 8.78 Å². The Bertz CT molecular complexity index is 1220. The molecule has 1 N–H and O–H groups in total. The molecule has 6 rings (SSSR count). The van der Waals surface area contributed by atoms with Crippen molar-refractivity contribution in [3.63, 3.8) is 0 Å². The molecule has 3 aromatic rings. The second-order valence-electron chi connectivity index (χ2n) is 9.97. The van der Waals surface area contributed by atoms with Gasteiger partial charge in [-0.1, -0.05) is 0 Å². The predicted octanol–water partition coefficient (Wildman–Crippen LogP) is 6.13. The van der Waals surface area contributed by atoms with Crippen molar-refractivity contribution < 1.29 is 13.5 Å². The Kier molecular flexibility index (Phi) is 5.96. The number of aromatic nitrogens is 2. The molecule has 2 aromatic carbocycles. The van der Waals surface area contributed by atoms with E-state index in [1.54, 1.807) is 0 Å². The van der Waals surface area contributed by atoms with Gasteiger partial charge in [-0.05, 0) is 88.7 Å². The van der Waals surface area contributed by atoms with E-state index in [1.807, 2.05) is 6.20 Å². The van der Waals surface area contributed by atoms with Crippen LogP contribution in [-0.4, -0.2) is 28.9 Å². The minimum atomic E-state index is -0.918. The van der Waals surface area contributed by atoms with Crippen molar-refractivity contribution in [1.29, 1.82) is 0 Å². The molecule has 3 aliphatic rings. The van der Waals surface area contributed by atoms with Gasteiger partial charge in [-0.3, -0.25) is 4.68 Å². The molecule has 5 nitrogen and oxygen atoms in total. The van der Waals surface area contributed by atoms with E-state index in [4.69, 9.17) is 4.74 Å². The lowest BCUT2D eigenvalue weighted by Crippen LogP contribution is -2.35. The number of nitrogens with one attached hydrogen (secondary N) is 1. The van der Waals surface area contributed by atoms with Crippen molar-refractivity contribution in [2.24, 2.45) is 5.92 Å². The van der Waals surface area contributed by atoms with Crippen LogP contribution in [0, 0.1) is 24.1 Å². The summed E-state index contributed by atoms with van der Waals surface area (Å²) in [4.78, 5) is 2.26. The van der Waals surface area contributed by atoms with Crippen molar-refractivity contribution >= 4 is 5.69 Å². The minimum Gasteiger partial charge on any atom is -0.456 e. The monoisotopic (exact) mass is 476 g/mol. The number of halogens is 2. The first-order chi connectivity index (χ1) is 17.1. The standard InChI is InChI=1S/C28H30F2N4O/c1-18-2-6-24-27(33(18)16-19-3-4-19)9-7-23(28(24)35-22-5-8-25(29)26(30)14-22)20-15-32-34(17-20)21-10-12-31-13-11-21/h5,7-9,14-15,17-19,21,31H,2-4,6,10-13H2,1H3/t18-/m0/s1. The van der Waals surface area contributed by atoms with E-state index in [1.165, 1.54) is 18.9 Å². The first-order valence-electron chi connectivity index (χ1n) is 12.7. The fourth-order valence-electron chi connectivity index (χ4n) is 5.16. The SMILES string of the molecule is C[C@H]1CCc2c(ccc(-c3cnn(C4CCNCC4)c3)c2Oc2ccc(F)c(F)c2)N1[C]C1CC1. The van der Waals surface area contributed by atoms with Crippen LogP contribution in [0.3, 0.4) is 0 Å². The highest BCUT2D eigenvalue weighted by Crippen LogP contribution is 2.47. The fraction of sp³-hybridized carbons (Fsp3) is 0.429. The summed E-state index contributed by atoms with van der Waals surface area (Å²) in [6.07, 6.45) is 10.2.